The third kappa shape index (κ3) is 1.72. The van der Waals surface area contributed by atoms with Gasteiger partial charge in [-0.2, -0.15) is 0 Å². The van der Waals surface area contributed by atoms with Gasteiger partial charge in [-0.25, -0.2) is 0 Å². The van der Waals surface area contributed by atoms with Crippen LogP contribution in [0.5, 0.6) is 11.5 Å². The normalized spacial score (nSPS) is 24.4. The molecule has 2 aliphatic rings. The van der Waals surface area contributed by atoms with Gasteiger partial charge in [-0.3, -0.25) is 4.79 Å². The average Bonchev–Trinajstić information content (AvgIpc) is 2.44. The molecule has 0 fully saturated rings. The zero-order valence-electron chi connectivity index (χ0n) is 11.2. The molecule has 0 saturated carbocycles. The molecule has 20 heavy (non-hydrogen) atoms. The summed E-state index contributed by atoms with van der Waals surface area (Å²) in [7, 11) is 1.55. The highest BCUT2D eigenvalue weighted by molar-refractivity contribution is 6.01. The van der Waals surface area contributed by atoms with Crippen LogP contribution in [0.25, 0.3) is 0 Å². The van der Waals surface area contributed by atoms with Gasteiger partial charge in [-0.1, -0.05) is 6.08 Å². The van der Waals surface area contributed by atoms with E-state index in [1.54, 1.807) is 25.3 Å². The lowest BCUT2D eigenvalue weighted by atomic mass is 9.67. The molecule has 1 aromatic rings. The number of rotatable bonds is 1. The quantitative estimate of drug-likeness (QED) is 0.770. The number of hydrogen-bond donors (Lipinski definition) is 2. The Bertz CT molecular complexity index is 642. The van der Waals surface area contributed by atoms with E-state index in [0.29, 0.717) is 5.76 Å². The van der Waals surface area contributed by atoms with Crippen LogP contribution >= 0.6 is 0 Å². The van der Waals surface area contributed by atoms with Crippen molar-refractivity contribution in [2.45, 2.75) is 24.7 Å². The molecule has 4 nitrogen and oxygen atoms in total. The number of benzene rings is 1. The minimum absolute atomic E-state index is 0.0948. The first-order valence-electron chi connectivity index (χ1n) is 6.61. The molecule has 0 radical (unpaired) electrons. The second kappa shape index (κ2) is 4.40. The number of aryl methyl sites for hydroxylation is 1. The first-order valence-corrected chi connectivity index (χ1v) is 6.61. The Morgan fingerprint density at radius 3 is 2.75 bits per heavy atom. The first kappa shape index (κ1) is 12.8. The number of carbonyl (C=O) groups is 1. The van der Waals surface area contributed by atoms with Crippen molar-refractivity contribution in [3.8, 4) is 11.5 Å². The van der Waals surface area contributed by atoms with E-state index >= 15 is 0 Å². The largest absolute Gasteiger partial charge is 0.504 e. The number of phenolic OH excluding ortho intramolecular Hbond substituents is 2. The molecule has 2 aliphatic carbocycles. The molecule has 0 aromatic heterocycles. The predicted octanol–water partition coefficient (Wildman–Crippen LogP) is 2.34. The van der Waals surface area contributed by atoms with Gasteiger partial charge in [-0.15, -0.1) is 0 Å². The van der Waals surface area contributed by atoms with E-state index in [-0.39, 0.29) is 17.3 Å². The minimum atomic E-state index is -0.512. The van der Waals surface area contributed by atoms with E-state index in [4.69, 9.17) is 4.74 Å². The van der Waals surface area contributed by atoms with Crippen LogP contribution in [0.15, 0.2) is 36.1 Å². The zero-order valence-corrected chi connectivity index (χ0v) is 11.2. The van der Waals surface area contributed by atoms with Crippen LogP contribution in [0, 0.1) is 0 Å². The highest BCUT2D eigenvalue weighted by Gasteiger charge is 2.41. The van der Waals surface area contributed by atoms with Crippen molar-refractivity contribution in [3.05, 3.63) is 47.2 Å². The Hall–Kier alpha value is -2.23. The van der Waals surface area contributed by atoms with Crippen LogP contribution in [0.1, 0.15) is 24.0 Å². The average molecular weight is 272 g/mol. The number of phenols is 2. The maximum Gasteiger partial charge on any atom is 0.181 e. The standard InChI is InChI=1S/C16H16O4/c1-20-15-8-11(17)4-6-16(15)5-2-3-10-7-13(18)14(19)9-12(10)16/h4,6-9,18-19H,2-3,5H2,1H3. The molecule has 104 valence electrons. The van der Waals surface area contributed by atoms with Crippen molar-refractivity contribution in [2.75, 3.05) is 7.11 Å². The monoisotopic (exact) mass is 272 g/mol. The molecular formula is C16H16O4. The SMILES string of the molecule is COC1=CC(=O)C=CC12CCCc1cc(O)c(O)cc12. The number of carbonyl (C=O) groups excluding carboxylic acids is 1. The number of hydrogen-bond acceptors (Lipinski definition) is 4. The summed E-state index contributed by atoms with van der Waals surface area (Å²) in [5, 5.41) is 19.5. The Labute approximate surface area is 117 Å². The smallest absolute Gasteiger partial charge is 0.181 e. The zero-order chi connectivity index (χ0) is 14.3. The van der Waals surface area contributed by atoms with Crippen molar-refractivity contribution in [3.63, 3.8) is 0 Å². The highest BCUT2D eigenvalue weighted by Crippen LogP contribution is 2.48. The summed E-state index contributed by atoms with van der Waals surface area (Å²) in [6.45, 7) is 0. The molecule has 1 aromatic carbocycles. The van der Waals surface area contributed by atoms with E-state index in [0.717, 1.165) is 30.4 Å². The van der Waals surface area contributed by atoms with Gasteiger partial charge in [0.1, 0.15) is 5.76 Å². The van der Waals surface area contributed by atoms with Crippen LogP contribution < -0.4 is 0 Å². The number of aromatic hydroxyl groups is 2. The van der Waals surface area contributed by atoms with E-state index in [9.17, 15) is 15.0 Å². The van der Waals surface area contributed by atoms with Crippen LogP contribution in [0.2, 0.25) is 0 Å². The molecule has 1 spiro atoms. The number of methoxy groups -OCH3 is 1. The lowest BCUT2D eigenvalue weighted by molar-refractivity contribution is -0.110. The molecule has 0 amide bonds. The molecule has 1 unspecified atom stereocenters. The lowest BCUT2D eigenvalue weighted by Gasteiger charge is -2.39. The second-order valence-corrected chi connectivity index (χ2v) is 5.27. The predicted molar refractivity (Wildman–Crippen MR) is 73.6 cm³/mol. The lowest BCUT2D eigenvalue weighted by Crippen LogP contribution is -2.34. The van der Waals surface area contributed by atoms with E-state index in [1.165, 1.54) is 6.08 Å². The summed E-state index contributed by atoms with van der Waals surface area (Å²) < 4.78 is 5.43. The van der Waals surface area contributed by atoms with E-state index < -0.39 is 5.41 Å². The Kier molecular flexibility index (Phi) is 2.82. The topological polar surface area (TPSA) is 66.8 Å². The number of fused-ring (bicyclic) bond motifs is 2. The van der Waals surface area contributed by atoms with Crippen molar-refractivity contribution in [1.82, 2.24) is 0 Å². The van der Waals surface area contributed by atoms with Crippen molar-refractivity contribution in [1.29, 1.82) is 0 Å². The number of allylic oxidation sites excluding steroid dienone is 3. The molecule has 3 rings (SSSR count). The highest BCUT2D eigenvalue weighted by atomic mass is 16.5. The van der Waals surface area contributed by atoms with E-state index in [2.05, 4.69) is 0 Å². The fourth-order valence-electron chi connectivity index (χ4n) is 3.22. The maximum atomic E-state index is 11.6. The van der Waals surface area contributed by atoms with E-state index in [1.807, 2.05) is 6.08 Å². The summed E-state index contributed by atoms with van der Waals surface area (Å²) >= 11 is 0. The van der Waals surface area contributed by atoms with Gasteiger partial charge in [0.2, 0.25) is 0 Å². The van der Waals surface area contributed by atoms with Crippen molar-refractivity contribution in [2.24, 2.45) is 0 Å². The summed E-state index contributed by atoms with van der Waals surface area (Å²) in [5.41, 5.74) is 1.37. The molecule has 0 heterocycles. The number of ether oxygens (including phenoxy) is 1. The summed E-state index contributed by atoms with van der Waals surface area (Å²) in [5.74, 6) is 0.240. The third-order valence-electron chi connectivity index (χ3n) is 4.16. The molecule has 0 saturated heterocycles. The Morgan fingerprint density at radius 1 is 1.25 bits per heavy atom. The van der Waals surface area contributed by atoms with Crippen LogP contribution in [-0.2, 0) is 21.4 Å². The molecule has 2 N–H and O–H groups in total. The van der Waals surface area contributed by atoms with Crippen molar-refractivity contribution >= 4 is 5.78 Å². The van der Waals surface area contributed by atoms with Crippen LogP contribution in [-0.4, -0.2) is 23.1 Å². The van der Waals surface area contributed by atoms with Gasteiger partial charge in [0, 0.05) is 6.08 Å². The van der Waals surface area contributed by atoms with Crippen molar-refractivity contribution < 1.29 is 19.7 Å². The summed E-state index contributed by atoms with van der Waals surface area (Å²) in [4.78, 5) is 11.6. The number of ketones is 1. The fourth-order valence-corrected chi connectivity index (χ4v) is 3.22. The van der Waals surface area contributed by atoms with Gasteiger partial charge in [0.15, 0.2) is 17.3 Å². The first-order chi connectivity index (χ1) is 9.56. The Morgan fingerprint density at radius 2 is 2.00 bits per heavy atom. The molecule has 0 aliphatic heterocycles. The van der Waals surface area contributed by atoms with Gasteiger partial charge in [0.25, 0.3) is 0 Å². The minimum Gasteiger partial charge on any atom is -0.504 e. The van der Waals surface area contributed by atoms with Crippen LogP contribution in [0.3, 0.4) is 0 Å². The third-order valence-corrected chi connectivity index (χ3v) is 4.16. The molecule has 4 heteroatoms. The fraction of sp³-hybridized carbons (Fsp3) is 0.312. The van der Waals surface area contributed by atoms with Gasteiger partial charge >= 0.3 is 0 Å². The van der Waals surface area contributed by atoms with Gasteiger partial charge in [0.05, 0.1) is 12.5 Å². The van der Waals surface area contributed by atoms with Gasteiger partial charge in [-0.05, 0) is 48.6 Å². The maximum absolute atomic E-state index is 11.6. The second-order valence-electron chi connectivity index (χ2n) is 5.27. The molecular weight excluding hydrogens is 256 g/mol. The molecule has 0 bridgehead atoms. The Balaban J connectivity index is 2.23. The molecule has 1 atom stereocenters. The van der Waals surface area contributed by atoms with Crippen LogP contribution in [0.4, 0.5) is 0 Å². The summed E-state index contributed by atoms with van der Waals surface area (Å²) in [6, 6.07) is 3.18. The summed E-state index contributed by atoms with van der Waals surface area (Å²) in [6.07, 6.45) is 7.47. The van der Waals surface area contributed by atoms with Gasteiger partial charge < -0.3 is 14.9 Å².